The molecule has 3 nitrogen and oxygen atoms in total. The summed E-state index contributed by atoms with van der Waals surface area (Å²) in [6, 6.07) is 7.29. The van der Waals surface area contributed by atoms with Crippen LogP contribution in [0.4, 0.5) is 0 Å². The van der Waals surface area contributed by atoms with E-state index in [0.29, 0.717) is 12.8 Å². The van der Waals surface area contributed by atoms with Crippen LogP contribution < -0.4 is 14.8 Å². The first-order valence-electron chi connectivity index (χ1n) is 5.48. The molecule has 15 heavy (non-hydrogen) atoms. The van der Waals surface area contributed by atoms with Crippen LogP contribution in [-0.2, 0) is 0 Å². The van der Waals surface area contributed by atoms with Crippen molar-refractivity contribution in [3.63, 3.8) is 0 Å². The van der Waals surface area contributed by atoms with E-state index in [1.54, 1.807) is 0 Å². The Bertz CT molecular complexity index is 374. The minimum Gasteiger partial charge on any atom is -0.454 e. The fraction of sp³-hybridized carbons (Fsp3) is 0.500. The number of nitrogens with one attached hydrogen (secondary N) is 1. The normalized spacial score (nSPS) is 20.3. The molecular formula is C12H15NO2. The molecule has 1 heterocycles. The Hall–Kier alpha value is -1.22. The van der Waals surface area contributed by atoms with Crippen molar-refractivity contribution < 1.29 is 9.47 Å². The summed E-state index contributed by atoms with van der Waals surface area (Å²) in [5.74, 6) is 1.73. The topological polar surface area (TPSA) is 30.5 Å². The highest BCUT2D eigenvalue weighted by Gasteiger charge is 2.24. The molecule has 0 spiro atoms. The molecule has 0 saturated heterocycles. The van der Waals surface area contributed by atoms with Crippen molar-refractivity contribution in [2.75, 3.05) is 6.79 Å². The molecule has 0 radical (unpaired) electrons. The fourth-order valence-electron chi connectivity index (χ4n) is 1.88. The minimum atomic E-state index is 0.350. The van der Waals surface area contributed by atoms with Gasteiger partial charge >= 0.3 is 0 Å². The third-order valence-electron chi connectivity index (χ3n) is 2.96. The lowest BCUT2D eigenvalue weighted by Crippen LogP contribution is -2.20. The molecule has 80 valence electrons. The van der Waals surface area contributed by atoms with Gasteiger partial charge in [-0.05, 0) is 37.5 Å². The van der Waals surface area contributed by atoms with Crippen molar-refractivity contribution in [3.05, 3.63) is 23.8 Å². The van der Waals surface area contributed by atoms with Gasteiger partial charge in [0.05, 0.1) is 0 Å². The Kier molecular flexibility index (Phi) is 2.06. The van der Waals surface area contributed by atoms with Gasteiger partial charge in [0, 0.05) is 12.1 Å². The predicted molar refractivity (Wildman–Crippen MR) is 57.1 cm³/mol. The van der Waals surface area contributed by atoms with Gasteiger partial charge < -0.3 is 14.8 Å². The second kappa shape index (κ2) is 3.42. The van der Waals surface area contributed by atoms with Gasteiger partial charge in [-0.3, -0.25) is 0 Å². The van der Waals surface area contributed by atoms with Crippen molar-refractivity contribution >= 4 is 0 Å². The third kappa shape index (κ3) is 1.79. The molecular weight excluding hydrogens is 190 g/mol. The smallest absolute Gasteiger partial charge is 0.231 e. The summed E-state index contributed by atoms with van der Waals surface area (Å²) in [5, 5.41) is 3.56. The molecule has 3 rings (SSSR count). The summed E-state index contributed by atoms with van der Waals surface area (Å²) in [5.41, 5.74) is 1.27. The van der Waals surface area contributed by atoms with Crippen LogP contribution in [0, 0.1) is 0 Å². The lowest BCUT2D eigenvalue weighted by atomic mass is 10.1. The molecule has 1 fully saturated rings. The lowest BCUT2D eigenvalue weighted by molar-refractivity contribution is 0.174. The first-order valence-corrected chi connectivity index (χ1v) is 5.48. The Labute approximate surface area is 89.4 Å². The van der Waals surface area contributed by atoms with E-state index < -0.39 is 0 Å². The van der Waals surface area contributed by atoms with Crippen LogP contribution in [0.3, 0.4) is 0 Å². The van der Waals surface area contributed by atoms with Gasteiger partial charge in [-0.1, -0.05) is 6.07 Å². The number of fused-ring (bicyclic) bond motifs is 1. The van der Waals surface area contributed by atoms with Gasteiger partial charge in [0.25, 0.3) is 0 Å². The second-order valence-corrected chi connectivity index (χ2v) is 4.28. The summed E-state index contributed by atoms with van der Waals surface area (Å²) in [7, 11) is 0. The summed E-state index contributed by atoms with van der Waals surface area (Å²) in [4.78, 5) is 0. The first kappa shape index (κ1) is 9.04. The Morgan fingerprint density at radius 3 is 2.87 bits per heavy atom. The van der Waals surface area contributed by atoms with Gasteiger partial charge in [-0.2, -0.15) is 0 Å². The van der Waals surface area contributed by atoms with Crippen molar-refractivity contribution in [1.29, 1.82) is 0 Å². The van der Waals surface area contributed by atoms with Crippen LogP contribution in [0.1, 0.15) is 31.4 Å². The maximum Gasteiger partial charge on any atom is 0.231 e. The average molecular weight is 205 g/mol. The summed E-state index contributed by atoms with van der Waals surface area (Å²) >= 11 is 0. The van der Waals surface area contributed by atoms with Crippen LogP contribution in [0.15, 0.2) is 18.2 Å². The Morgan fingerprint density at radius 2 is 2.07 bits per heavy atom. The first-order chi connectivity index (χ1) is 7.33. The molecule has 1 aromatic rings. The lowest BCUT2D eigenvalue weighted by Gasteiger charge is -2.13. The van der Waals surface area contributed by atoms with E-state index in [2.05, 4.69) is 24.4 Å². The monoisotopic (exact) mass is 205 g/mol. The maximum atomic E-state index is 5.36. The summed E-state index contributed by atoms with van der Waals surface area (Å²) in [6.45, 7) is 2.54. The second-order valence-electron chi connectivity index (χ2n) is 4.28. The molecule has 1 aliphatic heterocycles. The number of ether oxygens (including phenoxy) is 2. The highest BCUT2D eigenvalue weighted by molar-refractivity contribution is 5.45. The van der Waals surface area contributed by atoms with Crippen molar-refractivity contribution in [2.24, 2.45) is 0 Å². The van der Waals surface area contributed by atoms with Crippen LogP contribution in [0.5, 0.6) is 11.5 Å². The highest BCUT2D eigenvalue weighted by atomic mass is 16.7. The largest absolute Gasteiger partial charge is 0.454 e. The van der Waals surface area contributed by atoms with E-state index in [1.807, 2.05) is 6.07 Å². The quantitative estimate of drug-likeness (QED) is 0.820. The van der Waals surface area contributed by atoms with E-state index >= 15 is 0 Å². The van der Waals surface area contributed by atoms with Gasteiger partial charge in [-0.15, -0.1) is 0 Å². The number of rotatable bonds is 3. The van der Waals surface area contributed by atoms with Crippen LogP contribution in [-0.4, -0.2) is 12.8 Å². The molecule has 0 bridgehead atoms. The fourth-order valence-corrected chi connectivity index (χ4v) is 1.88. The van der Waals surface area contributed by atoms with E-state index in [9.17, 15) is 0 Å². The standard InChI is InChI=1S/C12H15NO2/c1-8(13-10-3-4-10)9-2-5-11-12(6-9)15-7-14-11/h2,5-6,8,10,13H,3-4,7H2,1H3. The van der Waals surface area contributed by atoms with Gasteiger partial charge in [0.15, 0.2) is 11.5 Å². The van der Waals surface area contributed by atoms with Crippen LogP contribution in [0.25, 0.3) is 0 Å². The average Bonchev–Trinajstić information content (AvgIpc) is 2.94. The van der Waals surface area contributed by atoms with Crippen molar-refractivity contribution in [3.8, 4) is 11.5 Å². The predicted octanol–water partition coefficient (Wildman–Crippen LogP) is 2.23. The van der Waals surface area contributed by atoms with Crippen molar-refractivity contribution in [1.82, 2.24) is 5.32 Å². The van der Waals surface area contributed by atoms with E-state index in [4.69, 9.17) is 9.47 Å². The molecule has 2 aliphatic rings. The Balaban J connectivity index is 1.78. The summed E-state index contributed by atoms with van der Waals surface area (Å²) in [6.07, 6.45) is 2.63. The zero-order valence-corrected chi connectivity index (χ0v) is 8.82. The van der Waals surface area contributed by atoms with Crippen molar-refractivity contribution in [2.45, 2.75) is 31.8 Å². The number of hydrogen-bond acceptors (Lipinski definition) is 3. The molecule has 1 unspecified atom stereocenters. The third-order valence-corrected chi connectivity index (χ3v) is 2.96. The number of hydrogen-bond donors (Lipinski definition) is 1. The molecule has 0 amide bonds. The molecule has 1 saturated carbocycles. The molecule has 1 atom stereocenters. The van der Waals surface area contributed by atoms with Crippen LogP contribution >= 0.6 is 0 Å². The number of benzene rings is 1. The van der Waals surface area contributed by atoms with E-state index in [0.717, 1.165) is 17.5 Å². The van der Waals surface area contributed by atoms with Gasteiger partial charge in [-0.25, -0.2) is 0 Å². The van der Waals surface area contributed by atoms with Gasteiger partial charge in [0.1, 0.15) is 0 Å². The van der Waals surface area contributed by atoms with E-state index in [-0.39, 0.29) is 0 Å². The molecule has 1 aliphatic carbocycles. The zero-order chi connectivity index (χ0) is 10.3. The van der Waals surface area contributed by atoms with E-state index in [1.165, 1.54) is 18.4 Å². The van der Waals surface area contributed by atoms with Gasteiger partial charge in [0.2, 0.25) is 6.79 Å². The van der Waals surface area contributed by atoms with Crippen LogP contribution in [0.2, 0.25) is 0 Å². The molecule has 1 N–H and O–H groups in total. The molecule has 1 aromatic carbocycles. The SMILES string of the molecule is CC(NC1CC1)c1ccc2c(c1)OCO2. The molecule has 0 aromatic heterocycles. The highest BCUT2D eigenvalue weighted by Crippen LogP contribution is 2.34. The molecule has 3 heteroatoms. The Morgan fingerprint density at radius 1 is 1.27 bits per heavy atom. The summed E-state index contributed by atoms with van der Waals surface area (Å²) < 4.78 is 10.6. The minimum absolute atomic E-state index is 0.350. The maximum absolute atomic E-state index is 5.36. The zero-order valence-electron chi connectivity index (χ0n) is 8.82.